The van der Waals surface area contributed by atoms with Crippen LogP contribution in [0.2, 0.25) is 0 Å². The minimum Gasteiger partial charge on any atom is -0.450 e. The smallest absolute Gasteiger partial charge is 0.450 e. The maximum atomic E-state index is 10.4. The summed E-state index contributed by atoms with van der Waals surface area (Å²) in [7, 11) is 0. The van der Waals surface area contributed by atoms with E-state index in [-0.39, 0.29) is 4.75 Å². The van der Waals surface area contributed by atoms with Crippen LogP contribution in [0.25, 0.3) is 0 Å². The summed E-state index contributed by atoms with van der Waals surface area (Å²) in [4.78, 5) is 10.4. The van der Waals surface area contributed by atoms with Crippen molar-refractivity contribution < 1.29 is 14.6 Å². The van der Waals surface area contributed by atoms with Gasteiger partial charge in [-0.05, 0) is 43.8 Å². The molecule has 0 radical (unpaired) electrons. The number of carbonyl (C=O) groups is 1. The summed E-state index contributed by atoms with van der Waals surface area (Å²) in [6.45, 7) is 0.327. The van der Waals surface area contributed by atoms with Crippen LogP contribution in [0, 0.1) is 11.8 Å². The minimum absolute atomic E-state index is 0.215. The number of thioether (sulfide) groups is 1. The van der Waals surface area contributed by atoms with Crippen LogP contribution in [0.1, 0.15) is 25.7 Å². The highest BCUT2D eigenvalue weighted by Gasteiger charge is 2.44. The Hall–Kier alpha value is -0.640. The van der Waals surface area contributed by atoms with Crippen molar-refractivity contribution in [1.29, 1.82) is 0 Å². The van der Waals surface area contributed by atoms with Crippen molar-refractivity contribution in [2.75, 3.05) is 12.9 Å². The molecule has 3 rings (SSSR count). The van der Waals surface area contributed by atoms with Gasteiger partial charge in [0, 0.05) is 4.75 Å². The lowest BCUT2D eigenvalue weighted by Crippen LogP contribution is -2.43. The highest BCUT2D eigenvalue weighted by Crippen LogP contribution is 2.51. The molecule has 0 spiro atoms. The molecule has 1 N–H and O–H groups in total. The Morgan fingerprint density at radius 1 is 1.56 bits per heavy atom. The summed E-state index contributed by atoms with van der Waals surface area (Å²) in [6, 6.07) is 0. The van der Waals surface area contributed by atoms with Crippen LogP contribution >= 0.6 is 11.8 Å². The highest BCUT2D eigenvalue weighted by molar-refractivity contribution is 8.00. The van der Waals surface area contributed by atoms with Crippen molar-refractivity contribution in [3.8, 4) is 0 Å². The summed E-state index contributed by atoms with van der Waals surface area (Å²) >= 11 is 1.88. The minimum atomic E-state index is -1.16. The van der Waals surface area contributed by atoms with Crippen molar-refractivity contribution in [1.82, 2.24) is 0 Å². The summed E-state index contributed by atoms with van der Waals surface area (Å²) in [6.07, 6.45) is 10.2. The number of hydrogen-bond acceptors (Lipinski definition) is 3. The molecule has 3 aliphatic rings. The molecule has 0 amide bonds. The van der Waals surface area contributed by atoms with Gasteiger partial charge in [0.1, 0.15) is 0 Å². The van der Waals surface area contributed by atoms with E-state index in [1.807, 2.05) is 11.8 Å². The average molecular weight is 242 g/mol. The van der Waals surface area contributed by atoms with E-state index in [4.69, 9.17) is 5.11 Å². The van der Waals surface area contributed by atoms with Gasteiger partial charge in [-0.3, -0.25) is 0 Å². The van der Waals surface area contributed by atoms with E-state index in [1.165, 1.54) is 19.3 Å². The molecule has 0 heterocycles. The molecule has 0 aliphatic heterocycles. The molecule has 3 atom stereocenters. The van der Waals surface area contributed by atoms with Crippen molar-refractivity contribution in [3.05, 3.63) is 12.2 Å². The van der Waals surface area contributed by atoms with Crippen LogP contribution in [-0.2, 0) is 4.74 Å². The van der Waals surface area contributed by atoms with E-state index in [2.05, 4.69) is 23.1 Å². The fraction of sp³-hybridized carbons (Fsp3) is 0.750. The Morgan fingerprint density at radius 3 is 2.81 bits per heavy atom. The van der Waals surface area contributed by atoms with E-state index in [9.17, 15) is 4.79 Å². The normalized spacial score (nSPS) is 36.3. The maximum Gasteiger partial charge on any atom is 0.505 e. The number of rotatable bonds is 4. The summed E-state index contributed by atoms with van der Waals surface area (Å²) in [5.41, 5.74) is 0. The van der Waals surface area contributed by atoms with Crippen LogP contribution in [0.15, 0.2) is 12.2 Å². The molecule has 0 aromatic carbocycles. The van der Waals surface area contributed by atoms with Crippen molar-refractivity contribution in [3.63, 3.8) is 0 Å². The van der Waals surface area contributed by atoms with Crippen LogP contribution in [0.4, 0.5) is 4.79 Å². The topological polar surface area (TPSA) is 46.5 Å². The van der Waals surface area contributed by atoms with Gasteiger partial charge in [-0.2, -0.15) is 11.8 Å². The SMILES string of the molecule is CSC1(CCOC(=O)O)CC2C=CC1CC2. The molecular weight excluding hydrogens is 224 g/mol. The van der Waals surface area contributed by atoms with Crippen molar-refractivity contribution >= 4 is 17.9 Å². The molecule has 90 valence electrons. The number of hydrogen-bond donors (Lipinski definition) is 1. The molecule has 0 aromatic rings. The molecule has 2 bridgehead atoms. The molecular formula is C12H18O3S. The number of fused-ring (bicyclic) bond motifs is 2. The first kappa shape index (κ1) is 11.8. The van der Waals surface area contributed by atoms with Crippen molar-refractivity contribution in [2.24, 2.45) is 11.8 Å². The Bertz CT molecular complexity index is 303. The van der Waals surface area contributed by atoms with Gasteiger partial charge in [0.2, 0.25) is 0 Å². The van der Waals surface area contributed by atoms with Gasteiger partial charge in [-0.25, -0.2) is 4.79 Å². The summed E-state index contributed by atoms with van der Waals surface area (Å²) < 4.78 is 4.87. The number of carboxylic acid groups (broad SMARTS) is 1. The fourth-order valence-electron chi connectivity index (χ4n) is 3.02. The molecule has 16 heavy (non-hydrogen) atoms. The third-order valence-electron chi connectivity index (χ3n) is 3.90. The predicted molar refractivity (Wildman–Crippen MR) is 64.8 cm³/mol. The molecule has 3 aliphatic carbocycles. The van der Waals surface area contributed by atoms with Gasteiger partial charge in [-0.15, -0.1) is 0 Å². The van der Waals surface area contributed by atoms with Gasteiger partial charge in [0.05, 0.1) is 6.61 Å². The van der Waals surface area contributed by atoms with Gasteiger partial charge in [-0.1, -0.05) is 12.2 Å². The van der Waals surface area contributed by atoms with E-state index in [1.54, 1.807) is 0 Å². The van der Waals surface area contributed by atoms with Crippen LogP contribution in [0.5, 0.6) is 0 Å². The largest absolute Gasteiger partial charge is 0.505 e. The third kappa shape index (κ3) is 2.21. The Kier molecular flexibility index (Phi) is 3.47. The third-order valence-corrected chi connectivity index (χ3v) is 5.39. The molecule has 4 heteroatoms. The first-order valence-electron chi connectivity index (χ1n) is 5.75. The highest BCUT2D eigenvalue weighted by atomic mass is 32.2. The first-order chi connectivity index (χ1) is 7.66. The lowest BCUT2D eigenvalue weighted by molar-refractivity contribution is 0.0822. The zero-order chi connectivity index (χ0) is 11.6. The van der Waals surface area contributed by atoms with Gasteiger partial charge >= 0.3 is 6.16 Å². The molecule has 3 nitrogen and oxygen atoms in total. The Morgan fingerprint density at radius 2 is 2.38 bits per heavy atom. The predicted octanol–water partition coefficient (Wildman–Crippen LogP) is 3.16. The maximum absolute atomic E-state index is 10.4. The molecule has 1 fully saturated rings. The summed E-state index contributed by atoms with van der Waals surface area (Å²) in [5, 5.41) is 8.49. The Balaban J connectivity index is 1.97. The molecule has 3 unspecified atom stereocenters. The second kappa shape index (κ2) is 4.70. The monoisotopic (exact) mass is 242 g/mol. The van der Waals surface area contributed by atoms with Crippen molar-refractivity contribution in [2.45, 2.75) is 30.4 Å². The van der Waals surface area contributed by atoms with E-state index in [0.29, 0.717) is 18.4 Å². The Labute approximate surface area is 100 Å². The number of allylic oxidation sites excluding steroid dienone is 2. The quantitative estimate of drug-likeness (QED) is 0.607. The van der Waals surface area contributed by atoms with Crippen LogP contribution in [-0.4, -0.2) is 28.9 Å². The van der Waals surface area contributed by atoms with E-state index < -0.39 is 6.16 Å². The van der Waals surface area contributed by atoms with Crippen LogP contribution < -0.4 is 0 Å². The van der Waals surface area contributed by atoms with E-state index >= 15 is 0 Å². The lowest BCUT2D eigenvalue weighted by Gasteiger charge is -2.47. The number of ether oxygens (including phenoxy) is 1. The lowest BCUT2D eigenvalue weighted by atomic mass is 9.67. The molecule has 0 saturated heterocycles. The van der Waals surface area contributed by atoms with Gasteiger partial charge in [0.25, 0.3) is 0 Å². The second-order valence-corrected chi connectivity index (χ2v) is 5.89. The zero-order valence-corrected chi connectivity index (χ0v) is 10.3. The standard InChI is InChI=1S/C12H18O3S/c1-16-12(6-7-15-11(13)14)8-9-2-4-10(12)5-3-9/h2,4,9-10H,3,5-8H2,1H3,(H,13,14). The van der Waals surface area contributed by atoms with Gasteiger partial charge in [0.15, 0.2) is 0 Å². The molecule has 0 aromatic heterocycles. The first-order valence-corrected chi connectivity index (χ1v) is 6.98. The summed E-state index contributed by atoms with van der Waals surface area (Å²) in [5.74, 6) is 1.30. The molecule has 1 saturated carbocycles. The van der Waals surface area contributed by atoms with Crippen LogP contribution in [0.3, 0.4) is 0 Å². The van der Waals surface area contributed by atoms with E-state index in [0.717, 1.165) is 6.42 Å². The average Bonchev–Trinajstić information content (AvgIpc) is 2.30. The fourth-order valence-corrected chi connectivity index (χ4v) is 4.18. The zero-order valence-electron chi connectivity index (χ0n) is 9.52. The van der Waals surface area contributed by atoms with Gasteiger partial charge < -0.3 is 9.84 Å². The second-order valence-electron chi connectivity index (χ2n) is 4.67.